The molecule has 0 spiro atoms. The molecule has 3 nitrogen and oxygen atoms in total. The number of nitrogens with one attached hydrogen (secondary N) is 1. The van der Waals surface area contributed by atoms with Gasteiger partial charge in [0, 0.05) is 14.1 Å². The summed E-state index contributed by atoms with van der Waals surface area (Å²) < 4.78 is 0. The van der Waals surface area contributed by atoms with E-state index in [1.165, 1.54) is 0 Å². The fraction of sp³-hybridized carbons (Fsp3) is 0.130. The van der Waals surface area contributed by atoms with Crippen LogP contribution in [0.5, 0.6) is 0 Å². The van der Waals surface area contributed by atoms with Crippen molar-refractivity contribution in [3.05, 3.63) is 108 Å². The second kappa shape index (κ2) is 8.60. The lowest BCUT2D eigenvalue weighted by Crippen LogP contribution is -2.46. The Balaban J connectivity index is 2.21. The number of benzene rings is 3. The number of aliphatic imine (C=N–C) groups is 1. The molecule has 3 aromatic rings. The molecule has 3 rings (SSSR count). The first kappa shape index (κ1) is 18.8. The van der Waals surface area contributed by atoms with Gasteiger partial charge in [-0.15, -0.1) is 0 Å². The van der Waals surface area contributed by atoms with E-state index in [4.69, 9.17) is 12.2 Å². The second-order valence-corrected chi connectivity index (χ2v) is 6.87. The highest BCUT2D eigenvalue weighted by Crippen LogP contribution is 2.36. The molecule has 0 radical (unpaired) electrons. The molecule has 1 N–H and O–H groups in total. The Bertz CT molecular complexity index is 794. The molecule has 0 atom stereocenters. The van der Waals surface area contributed by atoms with E-state index < -0.39 is 5.54 Å². The Morgan fingerprint density at radius 1 is 0.778 bits per heavy atom. The number of hydrogen-bond donors (Lipinski definition) is 1. The van der Waals surface area contributed by atoms with Gasteiger partial charge in [0.1, 0.15) is 5.54 Å². The molecule has 0 saturated carbocycles. The average Bonchev–Trinajstić information content (AvgIpc) is 2.72. The minimum Gasteiger partial charge on any atom is -0.369 e. The smallest absolute Gasteiger partial charge is 0.195 e. The summed E-state index contributed by atoms with van der Waals surface area (Å²) in [5, 5.41) is 3.97. The number of rotatable bonds is 5. The number of nitrogens with zero attached hydrogens (tertiary/aromatic N) is 2. The fourth-order valence-corrected chi connectivity index (χ4v) is 3.34. The van der Waals surface area contributed by atoms with Crippen LogP contribution in [0, 0.1) is 0 Å². The summed E-state index contributed by atoms with van der Waals surface area (Å²) in [4.78, 5) is 6.27. The second-order valence-electron chi connectivity index (χ2n) is 6.49. The van der Waals surface area contributed by atoms with Crippen LogP contribution in [-0.2, 0) is 5.54 Å². The van der Waals surface area contributed by atoms with Crippen LogP contribution in [0.2, 0.25) is 0 Å². The first-order valence-electron chi connectivity index (χ1n) is 8.82. The Labute approximate surface area is 166 Å². The normalized spacial score (nSPS) is 11.3. The molecule has 27 heavy (non-hydrogen) atoms. The van der Waals surface area contributed by atoms with Gasteiger partial charge >= 0.3 is 0 Å². The molecule has 0 aliphatic carbocycles. The van der Waals surface area contributed by atoms with Crippen LogP contribution >= 0.6 is 12.2 Å². The van der Waals surface area contributed by atoms with Crippen molar-refractivity contribution < 1.29 is 0 Å². The van der Waals surface area contributed by atoms with Crippen LogP contribution in [0.3, 0.4) is 0 Å². The van der Waals surface area contributed by atoms with Crippen LogP contribution in [0.1, 0.15) is 16.7 Å². The molecule has 0 unspecified atom stereocenters. The van der Waals surface area contributed by atoms with Gasteiger partial charge in [-0.25, -0.2) is 4.99 Å². The van der Waals surface area contributed by atoms with Gasteiger partial charge in [-0.3, -0.25) is 0 Å². The average molecular weight is 374 g/mol. The zero-order valence-corrected chi connectivity index (χ0v) is 16.4. The first-order chi connectivity index (χ1) is 13.1. The maximum atomic E-state index is 5.58. The standard InChI is InChI=1S/C23H23N3S/c1-26(2)18-24-22(27)25-23(19-12-6-3-7-13-19,20-14-8-4-9-15-20)21-16-10-5-11-17-21/h3-18H,1-2H3,(H,25,27)/b24-18+. The Morgan fingerprint density at radius 3 is 1.48 bits per heavy atom. The van der Waals surface area contributed by atoms with E-state index >= 15 is 0 Å². The lowest BCUT2D eigenvalue weighted by atomic mass is 9.77. The van der Waals surface area contributed by atoms with E-state index in [0.717, 1.165) is 16.7 Å². The molecular formula is C23H23N3S. The largest absolute Gasteiger partial charge is 0.369 e. The zero-order valence-electron chi connectivity index (χ0n) is 15.5. The Morgan fingerprint density at radius 2 is 1.15 bits per heavy atom. The first-order valence-corrected chi connectivity index (χ1v) is 9.23. The van der Waals surface area contributed by atoms with Gasteiger partial charge in [0.05, 0.1) is 6.34 Å². The predicted molar refractivity (Wildman–Crippen MR) is 117 cm³/mol. The number of hydrogen-bond acceptors (Lipinski definition) is 1. The molecule has 0 aromatic heterocycles. The number of thiocarbonyl (C=S) groups is 1. The Kier molecular flexibility index (Phi) is 5.99. The van der Waals surface area contributed by atoms with Gasteiger partial charge in [-0.2, -0.15) is 0 Å². The van der Waals surface area contributed by atoms with Crippen LogP contribution in [0.25, 0.3) is 0 Å². The van der Waals surface area contributed by atoms with E-state index in [1.807, 2.05) is 73.6 Å². The highest BCUT2D eigenvalue weighted by atomic mass is 32.1. The minimum atomic E-state index is -0.634. The quantitative estimate of drug-likeness (QED) is 0.310. The molecular weight excluding hydrogens is 350 g/mol. The van der Waals surface area contributed by atoms with E-state index in [1.54, 1.807) is 6.34 Å². The monoisotopic (exact) mass is 373 g/mol. The summed E-state index contributed by atoms with van der Waals surface area (Å²) in [5.41, 5.74) is 2.67. The summed E-state index contributed by atoms with van der Waals surface area (Å²) in [6.07, 6.45) is 1.71. The maximum absolute atomic E-state index is 5.58. The van der Waals surface area contributed by atoms with E-state index in [9.17, 15) is 0 Å². The summed E-state index contributed by atoms with van der Waals surface area (Å²) in [6, 6.07) is 31.0. The fourth-order valence-electron chi connectivity index (χ4n) is 3.14. The van der Waals surface area contributed by atoms with E-state index in [2.05, 4.69) is 46.7 Å². The highest BCUT2D eigenvalue weighted by Gasteiger charge is 2.36. The molecule has 0 aliphatic heterocycles. The SMILES string of the molecule is CN(C)/C=N/C(=S)NC(c1ccccc1)(c1ccccc1)c1ccccc1. The molecule has 0 aliphatic rings. The zero-order chi connectivity index (χ0) is 19.1. The van der Waals surface area contributed by atoms with E-state index in [0.29, 0.717) is 5.11 Å². The van der Waals surface area contributed by atoms with Crippen molar-refractivity contribution in [2.24, 2.45) is 4.99 Å². The lowest BCUT2D eigenvalue weighted by molar-refractivity contribution is 0.575. The molecule has 0 heterocycles. The van der Waals surface area contributed by atoms with Gasteiger partial charge in [0.25, 0.3) is 0 Å². The van der Waals surface area contributed by atoms with Crippen molar-refractivity contribution in [3.8, 4) is 0 Å². The third-order valence-electron chi connectivity index (χ3n) is 4.32. The van der Waals surface area contributed by atoms with Crippen LogP contribution in [0.4, 0.5) is 0 Å². The summed E-state index contributed by atoms with van der Waals surface area (Å²) in [7, 11) is 3.84. The van der Waals surface area contributed by atoms with Crippen LogP contribution in [-0.4, -0.2) is 30.4 Å². The highest BCUT2D eigenvalue weighted by molar-refractivity contribution is 7.80. The third kappa shape index (κ3) is 4.23. The van der Waals surface area contributed by atoms with Crippen molar-refractivity contribution in [1.29, 1.82) is 0 Å². The topological polar surface area (TPSA) is 27.6 Å². The van der Waals surface area contributed by atoms with Crippen LogP contribution in [0.15, 0.2) is 96.0 Å². The van der Waals surface area contributed by atoms with Crippen molar-refractivity contribution in [3.63, 3.8) is 0 Å². The van der Waals surface area contributed by atoms with Gasteiger partial charge in [-0.05, 0) is 28.9 Å². The Hall–Kier alpha value is -2.98. The summed E-state index contributed by atoms with van der Waals surface area (Å²) in [5.74, 6) is 0. The van der Waals surface area contributed by atoms with E-state index in [-0.39, 0.29) is 0 Å². The van der Waals surface area contributed by atoms with Crippen molar-refractivity contribution in [2.75, 3.05) is 14.1 Å². The van der Waals surface area contributed by atoms with Gasteiger partial charge < -0.3 is 10.2 Å². The molecule has 0 saturated heterocycles. The maximum Gasteiger partial charge on any atom is 0.195 e. The van der Waals surface area contributed by atoms with Gasteiger partial charge in [0.2, 0.25) is 0 Å². The van der Waals surface area contributed by atoms with Crippen LogP contribution < -0.4 is 5.32 Å². The van der Waals surface area contributed by atoms with Gasteiger partial charge in [0.15, 0.2) is 5.11 Å². The van der Waals surface area contributed by atoms with Crippen molar-refractivity contribution in [2.45, 2.75) is 5.54 Å². The van der Waals surface area contributed by atoms with Crippen molar-refractivity contribution >= 4 is 23.7 Å². The predicted octanol–water partition coefficient (Wildman–Crippen LogP) is 4.44. The lowest BCUT2D eigenvalue weighted by Gasteiger charge is -2.37. The molecule has 136 valence electrons. The molecule has 4 heteroatoms. The van der Waals surface area contributed by atoms with Crippen molar-refractivity contribution in [1.82, 2.24) is 10.2 Å². The molecule has 0 amide bonds. The third-order valence-corrected chi connectivity index (χ3v) is 4.53. The van der Waals surface area contributed by atoms with Gasteiger partial charge in [-0.1, -0.05) is 91.0 Å². The molecule has 0 bridgehead atoms. The summed E-state index contributed by atoms with van der Waals surface area (Å²) in [6.45, 7) is 0. The molecule has 0 fully saturated rings. The summed E-state index contributed by atoms with van der Waals surface area (Å²) >= 11 is 5.58. The molecule has 3 aromatic carbocycles. The minimum absolute atomic E-state index is 0.431.